The third kappa shape index (κ3) is 2.16. The Labute approximate surface area is 88.9 Å². The van der Waals surface area contributed by atoms with Crippen molar-refractivity contribution in [2.45, 2.75) is 19.4 Å². The standard InChI is InChI=1S/C9H10BrFO3/c1-4(12)2-5-6(11)3-7(13)9(14)8(5)10/h3-4,12-14H,2H2,1H3. The second-order valence-electron chi connectivity index (χ2n) is 3.07. The summed E-state index contributed by atoms with van der Waals surface area (Å²) in [6.07, 6.45) is -0.648. The fourth-order valence-electron chi connectivity index (χ4n) is 1.12. The van der Waals surface area contributed by atoms with E-state index in [9.17, 15) is 9.50 Å². The number of benzene rings is 1. The zero-order valence-electron chi connectivity index (χ0n) is 7.46. The van der Waals surface area contributed by atoms with Crippen molar-refractivity contribution >= 4 is 15.9 Å². The van der Waals surface area contributed by atoms with Crippen LogP contribution in [0.2, 0.25) is 0 Å². The van der Waals surface area contributed by atoms with Gasteiger partial charge in [0.15, 0.2) is 11.5 Å². The van der Waals surface area contributed by atoms with E-state index in [0.717, 1.165) is 6.07 Å². The fraction of sp³-hybridized carbons (Fsp3) is 0.333. The lowest BCUT2D eigenvalue weighted by Gasteiger charge is -2.10. The average Bonchev–Trinajstić information content (AvgIpc) is 2.09. The summed E-state index contributed by atoms with van der Waals surface area (Å²) in [5, 5.41) is 27.4. The largest absolute Gasteiger partial charge is 0.504 e. The van der Waals surface area contributed by atoms with Crippen LogP contribution >= 0.6 is 15.9 Å². The quantitative estimate of drug-likeness (QED) is 0.716. The lowest BCUT2D eigenvalue weighted by Crippen LogP contribution is -2.06. The molecule has 0 radical (unpaired) electrons. The number of hydrogen-bond acceptors (Lipinski definition) is 3. The smallest absolute Gasteiger partial charge is 0.172 e. The Bertz CT molecular complexity index is 352. The topological polar surface area (TPSA) is 60.7 Å². The molecule has 1 unspecified atom stereocenters. The summed E-state index contributed by atoms with van der Waals surface area (Å²) in [4.78, 5) is 0. The lowest BCUT2D eigenvalue weighted by molar-refractivity contribution is 0.193. The molecule has 0 heterocycles. The van der Waals surface area contributed by atoms with Gasteiger partial charge >= 0.3 is 0 Å². The number of aromatic hydroxyl groups is 2. The van der Waals surface area contributed by atoms with Gasteiger partial charge in [-0.05, 0) is 22.9 Å². The second kappa shape index (κ2) is 4.14. The molecule has 0 saturated heterocycles. The average molecular weight is 265 g/mol. The van der Waals surface area contributed by atoms with Gasteiger partial charge in [0.05, 0.1) is 10.6 Å². The zero-order chi connectivity index (χ0) is 10.9. The van der Waals surface area contributed by atoms with Gasteiger partial charge in [0.1, 0.15) is 5.82 Å². The minimum Gasteiger partial charge on any atom is -0.504 e. The number of hydrogen-bond donors (Lipinski definition) is 3. The molecule has 1 aromatic carbocycles. The minimum absolute atomic E-state index is 0.0697. The first kappa shape index (κ1) is 11.3. The Balaban J connectivity index is 3.22. The van der Waals surface area contributed by atoms with Crippen LogP contribution in [0.1, 0.15) is 12.5 Å². The van der Waals surface area contributed by atoms with Crippen molar-refractivity contribution in [2.75, 3.05) is 0 Å². The summed E-state index contributed by atoms with van der Waals surface area (Å²) in [5.74, 6) is -1.60. The molecule has 0 saturated carbocycles. The summed E-state index contributed by atoms with van der Waals surface area (Å²) < 4.78 is 13.3. The first-order valence-corrected chi connectivity index (χ1v) is 4.79. The molecule has 0 amide bonds. The number of rotatable bonds is 2. The normalized spacial score (nSPS) is 12.9. The Kier molecular flexibility index (Phi) is 3.34. The highest BCUT2D eigenvalue weighted by Crippen LogP contribution is 2.37. The van der Waals surface area contributed by atoms with Gasteiger partial charge in [0.2, 0.25) is 0 Å². The molecule has 3 N–H and O–H groups in total. The van der Waals surface area contributed by atoms with E-state index in [1.807, 2.05) is 0 Å². The Morgan fingerprint density at radius 3 is 2.57 bits per heavy atom. The first-order chi connectivity index (χ1) is 6.43. The van der Waals surface area contributed by atoms with E-state index in [2.05, 4.69) is 15.9 Å². The summed E-state index contributed by atoms with van der Waals surface area (Å²) in [6.45, 7) is 1.51. The van der Waals surface area contributed by atoms with Crippen molar-refractivity contribution in [1.29, 1.82) is 0 Å². The lowest BCUT2D eigenvalue weighted by atomic mass is 10.1. The minimum atomic E-state index is -0.718. The number of halogens is 2. The molecule has 5 heteroatoms. The number of aliphatic hydroxyl groups excluding tert-OH is 1. The Hall–Kier alpha value is -0.810. The molecule has 3 nitrogen and oxygen atoms in total. The van der Waals surface area contributed by atoms with E-state index in [1.54, 1.807) is 0 Å². The molecule has 0 spiro atoms. The van der Waals surface area contributed by atoms with E-state index >= 15 is 0 Å². The monoisotopic (exact) mass is 264 g/mol. The van der Waals surface area contributed by atoms with Crippen LogP contribution < -0.4 is 0 Å². The highest BCUT2D eigenvalue weighted by molar-refractivity contribution is 9.10. The van der Waals surface area contributed by atoms with E-state index < -0.39 is 23.4 Å². The van der Waals surface area contributed by atoms with E-state index in [1.165, 1.54) is 6.92 Å². The molecule has 0 bridgehead atoms. The van der Waals surface area contributed by atoms with Crippen LogP contribution in [0.15, 0.2) is 10.5 Å². The molecule has 0 aliphatic rings. The van der Waals surface area contributed by atoms with Gasteiger partial charge in [-0.25, -0.2) is 4.39 Å². The molecule has 0 fully saturated rings. The van der Waals surface area contributed by atoms with Crippen molar-refractivity contribution in [1.82, 2.24) is 0 Å². The van der Waals surface area contributed by atoms with Gasteiger partial charge < -0.3 is 15.3 Å². The van der Waals surface area contributed by atoms with E-state index in [0.29, 0.717) is 0 Å². The number of aliphatic hydroxyl groups is 1. The fourth-order valence-corrected chi connectivity index (χ4v) is 1.67. The molecular formula is C9H10BrFO3. The third-order valence-electron chi connectivity index (χ3n) is 1.77. The zero-order valence-corrected chi connectivity index (χ0v) is 9.05. The van der Waals surface area contributed by atoms with Gasteiger partial charge in [0, 0.05) is 18.1 Å². The Morgan fingerprint density at radius 1 is 1.50 bits per heavy atom. The van der Waals surface area contributed by atoms with Gasteiger partial charge in [0.25, 0.3) is 0 Å². The van der Waals surface area contributed by atoms with Gasteiger partial charge in [-0.3, -0.25) is 0 Å². The van der Waals surface area contributed by atoms with Crippen molar-refractivity contribution in [3.05, 3.63) is 21.9 Å². The summed E-state index contributed by atoms with van der Waals surface area (Å²) in [7, 11) is 0. The molecule has 78 valence electrons. The van der Waals surface area contributed by atoms with Crippen molar-refractivity contribution in [3.63, 3.8) is 0 Å². The predicted molar refractivity (Wildman–Crippen MR) is 52.8 cm³/mol. The van der Waals surface area contributed by atoms with E-state index in [-0.39, 0.29) is 16.5 Å². The van der Waals surface area contributed by atoms with Gasteiger partial charge in [-0.15, -0.1) is 0 Å². The molecular weight excluding hydrogens is 255 g/mol. The number of phenolic OH excluding ortho intramolecular Hbond substituents is 2. The van der Waals surface area contributed by atoms with Gasteiger partial charge in [-0.2, -0.15) is 0 Å². The first-order valence-electron chi connectivity index (χ1n) is 4.00. The highest BCUT2D eigenvalue weighted by atomic mass is 79.9. The Morgan fingerprint density at radius 2 is 2.07 bits per heavy atom. The third-order valence-corrected chi connectivity index (χ3v) is 2.62. The van der Waals surface area contributed by atoms with Gasteiger partial charge in [-0.1, -0.05) is 0 Å². The van der Waals surface area contributed by atoms with Crippen LogP contribution in [0.5, 0.6) is 11.5 Å². The molecule has 0 aliphatic heterocycles. The molecule has 0 aromatic heterocycles. The summed E-state index contributed by atoms with van der Waals surface area (Å²) in [6, 6.07) is 0.817. The van der Waals surface area contributed by atoms with Crippen LogP contribution in [0.3, 0.4) is 0 Å². The van der Waals surface area contributed by atoms with Crippen LogP contribution in [0.4, 0.5) is 4.39 Å². The maximum atomic E-state index is 13.2. The molecule has 1 rings (SSSR count). The van der Waals surface area contributed by atoms with E-state index in [4.69, 9.17) is 10.2 Å². The van der Waals surface area contributed by atoms with Crippen molar-refractivity contribution in [2.24, 2.45) is 0 Å². The van der Waals surface area contributed by atoms with Crippen LogP contribution in [-0.4, -0.2) is 21.4 Å². The second-order valence-corrected chi connectivity index (χ2v) is 3.86. The molecule has 14 heavy (non-hydrogen) atoms. The van der Waals surface area contributed by atoms with Crippen molar-refractivity contribution in [3.8, 4) is 11.5 Å². The maximum Gasteiger partial charge on any atom is 0.172 e. The van der Waals surface area contributed by atoms with Crippen LogP contribution in [0, 0.1) is 5.82 Å². The SMILES string of the molecule is CC(O)Cc1c(F)cc(O)c(O)c1Br. The molecule has 1 aromatic rings. The summed E-state index contributed by atoms with van der Waals surface area (Å²) >= 11 is 2.95. The maximum absolute atomic E-state index is 13.2. The summed E-state index contributed by atoms with van der Waals surface area (Å²) in [5.41, 5.74) is 0.148. The highest BCUT2D eigenvalue weighted by Gasteiger charge is 2.16. The van der Waals surface area contributed by atoms with Crippen LogP contribution in [0.25, 0.3) is 0 Å². The van der Waals surface area contributed by atoms with Crippen molar-refractivity contribution < 1.29 is 19.7 Å². The number of phenols is 2. The molecule has 0 aliphatic carbocycles. The van der Waals surface area contributed by atoms with Crippen LogP contribution in [-0.2, 0) is 6.42 Å². The molecule has 1 atom stereocenters. The predicted octanol–water partition coefficient (Wildman–Crippen LogP) is 1.92.